The van der Waals surface area contributed by atoms with Crippen LogP contribution >= 0.6 is 0 Å². The molecule has 58 heavy (non-hydrogen) atoms. The van der Waals surface area contributed by atoms with Crippen molar-refractivity contribution in [1.29, 1.82) is 0 Å². The van der Waals surface area contributed by atoms with Gasteiger partial charge in [-0.15, -0.1) is 0 Å². The molecular formula is C53H99NO4. The standard InChI is InChI=1S/C53H99NO4/c1-3-5-7-9-11-13-15-17-19-21-23-25-27-29-31-33-35-37-39-41-43-45-47-51(56)50(49-55)54-53(58)52(57)48-46-44-42-40-38-36-34-32-30-28-26-24-22-20-18-16-14-12-10-8-6-4-2/h24,26,30,32,37,39,45,47,50-52,55-57H,3-23,25,27-29,31,33-36,38,40-44,46,48-49H2,1-2H3,(H,54,58)/b26-24-,32-30-,39-37+,47-45+. The molecule has 3 unspecified atom stereocenters. The van der Waals surface area contributed by atoms with Crippen LogP contribution in [0.15, 0.2) is 48.6 Å². The van der Waals surface area contributed by atoms with Gasteiger partial charge in [-0.3, -0.25) is 4.79 Å². The molecule has 0 heterocycles. The van der Waals surface area contributed by atoms with E-state index in [9.17, 15) is 20.1 Å². The second-order valence-corrected chi connectivity index (χ2v) is 17.4. The van der Waals surface area contributed by atoms with Gasteiger partial charge in [0, 0.05) is 0 Å². The number of unbranched alkanes of at least 4 members (excludes halogenated alkanes) is 32. The van der Waals surface area contributed by atoms with Crippen LogP contribution in [-0.4, -0.2) is 46.1 Å². The zero-order chi connectivity index (χ0) is 42.3. The van der Waals surface area contributed by atoms with Gasteiger partial charge in [0.1, 0.15) is 6.10 Å². The Hall–Kier alpha value is -1.69. The van der Waals surface area contributed by atoms with Crippen LogP contribution in [0.25, 0.3) is 0 Å². The quantitative estimate of drug-likeness (QED) is 0.0364. The highest BCUT2D eigenvalue weighted by atomic mass is 16.3. The second-order valence-electron chi connectivity index (χ2n) is 17.4. The molecule has 0 aliphatic rings. The van der Waals surface area contributed by atoms with E-state index in [-0.39, 0.29) is 6.61 Å². The number of amides is 1. The molecule has 5 heteroatoms. The van der Waals surface area contributed by atoms with E-state index in [1.165, 1.54) is 186 Å². The molecule has 0 aliphatic carbocycles. The van der Waals surface area contributed by atoms with E-state index in [1.54, 1.807) is 6.08 Å². The van der Waals surface area contributed by atoms with E-state index in [0.29, 0.717) is 6.42 Å². The van der Waals surface area contributed by atoms with Crippen LogP contribution in [0.4, 0.5) is 0 Å². The molecule has 0 radical (unpaired) electrons. The summed E-state index contributed by atoms with van der Waals surface area (Å²) in [6, 6.07) is -0.821. The molecule has 0 aromatic rings. The molecular weight excluding hydrogens is 715 g/mol. The molecule has 0 aromatic heterocycles. The van der Waals surface area contributed by atoms with E-state index in [1.807, 2.05) is 6.08 Å². The zero-order valence-corrected chi connectivity index (χ0v) is 38.7. The molecule has 0 saturated heterocycles. The SMILES string of the molecule is CCCCCCCCCCC/C=C\C/C=C\CCCCCCCCC(O)C(=O)NC(CO)C(O)/C=C/CC/C=C/CCCCCCCCCCCCCCCCCC. The third kappa shape index (κ3) is 42.4. The smallest absolute Gasteiger partial charge is 0.249 e. The monoisotopic (exact) mass is 814 g/mol. The first-order valence-electron chi connectivity index (χ1n) is 25.5. The van der Waals surface area contributed by atoms with Crippen LogP contribution in [0, 0.1) is 0 Å². The minimum atomic E-state index is -1.12. The van der Waals surface area contributed by atoms with Crippen molar-refractivity contribution < 1.29 is 20.1 Å². The summed E-state index contributed by atoms with van der Waals surface area (Å²) in [5.74, 6) is -0.520. The molecule has 0 saturated carbocycles. The molecule has 5 nitrogen and oxygen atoms in total. The van der Waals surface area contributed by atoms with Crippen molar-refractivity contribution in [2.45, 2.75) is 276 Å². The lowest BCUT2D eigenvalue weighted by molar-refractivity contribution is -0.131. The first kappa shape index (κ1) is 56.3. The van der Waals surface area contributed by atoms with Crippen LogP contribution in [-0.2, 0) is 4.79 Å². The molecule has 4 N–H and O–H groups in total. The van der Waals surface area contributed by atoms with Crippen LogP contribution in [0.5, 0.6) is 0 Å². The van der Waals surface area contributed by atoms with Crippen LogP contribution in [0.1, 0.15) is 258 Å². The minimum Gasteiger partial charge on any atom is -0.394 e. The Morgan fingerprint density at radius 1 is 0.431 bits per heavy atom. The number of carbonyl (C=O) groups excluding carboxylic acids is 1. The highest BCUT2D eigenvalue weighted by Gasteiger charge is 2.22. The number of allylic oxidation sites excluding steroid dienone is 7. The van der Waals surface area contributed by atoms with Gasteiger partial charge in [0.05, 0.1) is 18.8 Å². The maximum absolute atomic E-state index is 12.5. The Labute approximate surface area is 361 Å². The summed E-state index contributed by atoms with van der Waals surface area (Å²) in [5, 5.41) is 33.2. The van der Waals surface area contributed by atoms with Crippen molar-refractivity contribution in [2.75, 3.05) is 6.61 Å². The Balaban J connectivity index is 3.69. The van der Waals surface area contributed by atoms with Crippen molar-refractivity contribution in [3.8, 4) is 0 Å². The minimum absolute atomic E-state index is 0.380. The van der Waals surface area contributed by atoms with Gasteiger partial charge in [-0.2, -0.15) is 0 Å². The molecule has 0 bridgehead atoms. The number of hydrogen-bond acceptors (Lipinski definition) is 4. The number of carbonyl (C=O) groups is 1. The number of aliphatic hydroxyl groups excluding tert-OH is 3. The van der Waals surface area contributed by atoms with Gasteiger partial charge in [-0.1, -0.05) is 242 Å². The van der Waals surface area contributed by atoms with Crippen molar-refractivity contribution in [3.63, 3.8) is 0 Å². The normalized spacial score (nSPS) is 13.8. The second kappa shape index (κ2) is 48.0. The van der Waals surface area contributed by atoms with Gasteiger partial charge in [-0.05, 0) is 64.2 Å². The lowest BCUT2D eigenvalue weighted by atomic mass is 10.0. The van der Waals surface area contributed by atoms with Gasteiger partial charge < -0.3 is 20.6 Å². The summed E-state index contributed by atoms with van der Waals surface area (Å²) < 4.78 is 0. The maximum Gasteiger partial charge on any atom is 0.249 e. The Morgan fingerprint density at radius 3 is 1.16 bits per heavy atom. The lowest BCUT2D eigenvalue weighted by Gasteiger charge is -2.21. The number of nitrogens with one attached hydrogen (secondary N) is 1. The van der Waals surface area contributed by atoms with E-state index < -0.39 is 24.2 Å². The zero-order valence-electron chi connectivity index (χ0n) is 38.7. The summed E-state index contributed by atoms with van der Waals surface area (Å²) in [5.41, 5.74) is 0. The molecule has 0 rings (SSSR count). The van der Waals surface area contributed by atoms with Crippen LogP contribution in [0.3, 0.4) is 0 Å². The van der Waals surface area contributed by atoms with Crippen LogP contribution in [0.2, 0.25) is 0 Å². The lowest BCUT2D eigenvalue weighted by Crippen LogP contribution is -2.48. The molecule has 1 amide bonds. The number of hydrogen-bond donors (Lipinski definition) is 4. The first-order valence-corrected chi connectivity index (χ1v) is 25.5. The molecule has 0 fully saturated rings. The topological polar surface area (TPSA) is 89.8 Å². The van der Waals surface area contributed by atoms with Gasteiger partial charge in [0.15, 0.2) is 0 Å². The van der Waals surface area contributed by atoms with Gasteiger partial charge in [-0.25, -0.2) is 0 Å². The Morgan fingerprint density at radius 2 is 0.759 bits per heavy atom. The fourth-order valence-corrected chi connectivity index (χ4v) is 7.64. The maximum atomic E-state index is 12.5. The average Bonchev–Trinajstić information content (AvgIpc) is 3.23. The third-order valence-electron chi connectivity index (χ3n) is 11.6. The molecule has 0 spiro atoms. The highest BCUT2D eigenvalue weighted by molar-refractivity contribution is 5.80. The van der Waals surface area contributed by atoms with E-state index in [2.05, 4.69) is 55.6 Å². The first-order chi connectivity index (χ1) is 28.6. The van der Waals surface area contributed by atoms with Crippen molar-refractivity contribution >= 4 is 5.91 Å². The fourth-order valence-electron chi connectivity index (χ4n) is 7.64. The number of aliphatic hydroxyl groups is 3. The summed E-state index contributed by atoms with van der Waals surface area (Å²) in [4.78, 5) is 12.5. The highest BCUT2D eigenvalue weighted by Crippen LogP contribution is 2.15. The van der Waals surface area contributed by atoms with E-state index in [0.717, 1.165) is 51.4 Å². The predicted molar refractivity (Wildman–Crippen MR) is 254 cm³/mol. The summed E-state index contributed by atoms with van der Waals surface area (Å²) >= 11 is 0. The Kier molecular flexibility index (Phi) is 46.6. The van der Waals surface area contributed by atoms with Crippen molar-refractivity contribution in [3.05, 3.63) is 48.6 Å². The van der Waals surface area contributed by atoms with Gasteiger partial charge >= 0.3 is 0 Å². The van der Waals surface area contributed by atoms with Crippen LogP contribution < -0.4 is 5.32 Å². The summed E-state index contributed by atoms with van der Waals surface area (Å²) in [6.45, 7) is 4.18. The molecule has 0 aliphatic heterocycles. The van der Waals surface area contributed by atoms with Gasteiger partial charge in [0.2, 0.25) is 5.91 Å². The largest absolute Gasteiger partial charge is 0.394 e. The van der Waals surface area contributed by atoms with Crippen molar-refractivity contribution in [1.82, 2.24) is 5.32 Å². The van der Waals surface area contributed by atoms with Crippen molar-refractivity contribution in [2.24, 2.45) is 0 Å². The summed E-state index contributed by atoms with van der Waals surface area (Å²) in [7, 11) is 0. The molecule has 3 atom stereocenters. The molecule has 0 aromatic carbocycles. The predicted octanol–water partition coefficient (Wildman–Crippen LogP) is 15.3. The fraction of sp³-hybridized carbons (Fsp3) is 0.830. The molecule has 340 valence electrons. The number of rotatable bonds is 46. The summed E-state index contributed by atoms with van der Waals surface area (Å²) in [6.07, 6.45) is 63.1. The Bertz CT molecular complexity index is 943. The third-order valence-corrected chi connectivity index (χ3v) is 11.6. The average molecular weight is 814 g/mol. The van der Waals surface area contributed by atoms with Gasteiger partial charge in [0.25, 0.3) is 0 Å². The van der Waals surface area contributed by atoms with E-state index in [4.69, 9.17) is 0 Å². The van der Waals surface area contributed by atoms with E-state index >= 15 is 0 Å².